The third-order valence-corrected chi connectivity index (χ3v) is 16.5. The Kier molecular flexibility index (Phi) is 11.4. The van der Waals surface area contributed by atoms with E-state index < -0.39 is 34.1 Å². The maximum atomic E-state index is 15.3. The second-order valence-electron chi connectivity index (χ2n) is 19.6. The van der Waals surface area contributed by atoms with Crippen LogP contribution >= 0.6 is 0 Å². The van der Waals surface area contributed by atoms with Crippen LogP contribution in [0.2, 0.25) is 0 Å². The Bertz CT molecular complexity index is 2310. The lowest BCUT2D eigenvalue weighted by atomic mass is 9.32. The van der Waals surface area contributed by atoms with Gasteiger partial charge in [0.25, 0.3) is 0 Å². The molecule has 4 aromatic carbocycles. The van der Waals surface area contributed by atoms with Crippen LogP contribution in [-0.2, 0) is 17.9 Å². The molecule has 9 atom stereocenters. The second kappa shape index (κ2) is 16.5. The number of benzene rings is 4. The number of Topliss-reactive ketones (excluding diaryl/α,β-unsaturated/α-hetero) is 1. The summed E-state index contributed by atoms with van der Waals surface area (Å²) in [7, 11) is 3.28. The first-order valence-electron chi connectivity index (χ1n) is 22.6. The minimum atomic E-state index is -1.13. The van der Waals surface area contributed by atoms with Gasteiger partial charge in [0, 0.05) is 58.6 Å². The predicted octanol–water partition coefficient (Wildman–Crippen LogP) is 9.22. The van der Waals surface area contributed by atoms with Gasteiger partial charge in [0.1, 0.15) is 11.5 Å². The van der Waals surface area contributed by atoms with Crippen molar-refractivity contribution in [2.75, 3.05) is 33.9 Å². The predicted molar refractivity (Wildman–Crippen MR) is 242 cm³/mol. The topological polar surface area (TPSA) is 109 Å². The number of ether oxygens (including phenoxy) is 3. The van der Waals surface area contributed by atoms with Gasteiger partial charge in [0.2, 0.25) is 0 Å². The SMILES string of the molecule is COc1ccc(CN(C[C@@H](O)COCc2ccccc2)C[C@]2(O)CC[C@H]3[C@]45C=C[C@@]6(C=C4C(=O)c4ccc(-c7ccccc7)cc4)CC(O)CC[C@]6(C)[C@H]5CC[C@@]32C)c(OC)c1. The summed E-state index contributed by atoms with van der Waals surface area (Å²) in [5, 5.41) is 36.1. The highest BCUT2D eigenvalue weighted by atomic mass is 16.5. The molecule has 4 aromatic rings. The van der Waals surface area contributed by atoms with Crippen LogP contribution in [0, 0.1) is 33.5 Å². The molecule has 8 nitrogen and oxygen atoms in total. The van der Waals surface area contributed by atoms with Crippen LogP contribution in [0.5, 0.6) is 11.5 Å². The quantitative estimate of drug-likeness (QED) is 0.0804. The van der Waals surface area contributed by atoms with Crippen molar-refractivity contribution in [2.45, 2.75) is 89.8 Å². The fourth-order valence-corrected chi connectivity index (χ4v) is 13.2. The molecule has 0 amide bonds. The molecule has 3 N–H and O–H groups in total. The molecule has 2 bridgehead atoms. The van der Waals surface area contributed by atoms with Crippen LogP contribution in [0.3, 0.4) is 0 Å². The number of aliphatic hydroxyl groups excluding tert-OH is 2. The summed E-state index contributed by atoms with van der Waals surface area (Å²) >= 11 is 0. The van der Waals surface area contributed by atoms with Crippen molar-refractivity contribution < 1.29 is 34.3 Å². The maximum Gasteiger partial charge on any atom is 0.189 e. The highest BCUT2D eigenvalue weighted by Crippen LogP contribution is 2.78. The number of methoxy groups -OCH3 is 2. The van der Waals surface area contributed by atoms with Crippen molar-refractivity contribution >= 4 is 5.78 Å². The van der Waals surface area contributed by atoms with Crippen molar-refractivity contribution in [3.05, 3.63) is 144 Å². The zero-order valence-electron chi connectivity index (χ0n) is 36.8. The minimum absolute atomic E-state index is 0.00716. The van der Waals surface area contributed by atoms with E-state index in [9.17, 15) is 15.3 Å². The van der Waals surface area contributed by atoms with E-state index in [1.165, 1.54) is 0 Å². The van der Waals surface area contributed by atoms with Crippen molar-refractivity contribution in [3.8, 4) is 22.6 Å². The number of fused-ring (bicyclic) bond motifs is 1. The van der Waals surface area contributed by atoms with E-state index in [1.807, 2.05) is 78.9 Å². The molecule has 0 aliphatic heterocycles. The fourth-order valence-electron chi connectivity index (χ4n) is 13.2. The van der Waals surface area contributed by atoms with Crippen LogP contribution in [-0.4, -0.2) is 77.7 Å². The van der Waals surface area contributed by atoms with E-state index in [0.29, 0.717) is 49.6 Å². The number of nitrogens with zero attached hydrogens (tertiary/aromatic N) is 1. The Hall–Kier alpha value is -4.57. The summed E-state index contributed by atoms with van der Waals surface area (Å²) in [6, 6.07) is 34.0. The molecule has 2 spiro atoms. The molecule has 326 valence electrons. The first-order chi connectivity index (χ1) is 29.9. The standard InChI is InChI=1S/C54H63NO7/c1-50-24-21-42(56)30-52(50)27-28-54(45(31-52)49(58)40-17-15-39(16-18-40)38-13-9-6-10-14-38)47(50)22-25-51(2)48(54)23-26-53(51,59)36-55(32-41-19-20-44(60-3)29-46(41)61-4)33-43(57)35-62-34-37-11-7-5-8-12-37/h5-20,27-29,31,42-43,47-48,56-57,59H,21-26,30,32-36H2,1-4H3/t42?,43-,47-,48-,50-,51+,52+,53-,54-/m1/s1. The van der Waals surface area contributed by atoms with Gasteiger partial charge in [-0.25, -0.2) is 0 Å². The molecular formula is C54H63NO7. The molecule has 0 heterocycles. The zero-order chi connectivity index (χ0) is 43.3. The molecule has 0 saturated heterocycles. The van der Waals surface area contributed by atoms with Crippen molar-refractivity contribution in [1.29, 1.82) is 0 Å². The van der Waals surface area contributed by atoms with Crippen LogP contribution in [0.15, 0.2) is 127 Å². The van der Waals surface area contributed by atoms with Gasteiger partial charge in [-0.05, 0) is 85.0 Å². The number of hydrogen-bond acceptors (Lipinski definition) is 8. The summed E-state index contributed by atoms with van der Waals surface area (Å²) < 4.78 is 17.4. The normalized spacial score (nSPS) is 32.4. The number of carbonyl (C=O) groups excluding carboxylic acids is 1. The second-order valence-corrected chi connectivity index (χ2v) is 19.6. The highest BCUT2D eigenvalue weighted by Gasteiger charge is 2.74. The molecule has 1 unspecified atom stereocenters. The van der Waals surface area contributed by atoms with E-state index >= 15 is 4.79 Å². The van der Waals surface area contributed by atoms with E-state index in [2.05, 4.69) is 61.2 Å². The minimum Gasteiger partial charge on any atom is -0.497 e. The molecule has 62 heavy (non-hydrogen) atoms. The number of rotatable bonds is 15. The van der Waals surface area contributed by atoms with Crippen LogP contribution in [0.1, 0.15) is 80.3 Å². The van der Waals surface area contributed by atoms with Crippen molar-refractivity contribution in [3.63, 3.8) is 0 Å². The number of aliphatic hydroxyl groups is 3. The van der Waals surface area contributed by atoms with Crippen LogP contribution in [0.25, 0.3) is 11.1 Å². The summed E-state index contributed by atoms with van der Waals surface area (Å²) in [4.78, 5) is 17.5. The average molecular weight is 838 g/mol. The third-order valence-electron chi connectivity index (χ3n) is 16.5. The number of carbonyl (C=O) groups is 1. The van der Waals surface area contributed by atoms with Gasteiger partial charge in [-0.1, -0.05) is 123 Å². The lowest BCUT2D eigenvalue weighted by molar-refractivity contribution is -0.177. The van der Waals surface area contributed by atoms with Gasteiger partial charge in [0.15, 0.2) is 5.78 Å². The Labute approximate surface area is 367 Å². The van der Waals surface area contributed by atoms with Gasteiger partial charge in [-0.2, -0.15) is 0 Å². The van der Waals surface area contributed by atoms with Gasteiger partial charge in [0.05, 0.1) is 45.2 Å². The average Bonchev–Trinajstić information content (AvgIpc) is 3.56. The van der Waals surface area contributed by atoms with Crippen LogP contribution in [0.4, 0.5) is 0 Å². The van der Waals surface area contributed by atoms with Crippen molar-refractivity contribution in [1.82, 2.24) is 4.90 Å². The first-order valence-corrected chi connectivity index (χ1v) is 22.6. The largest absolute Gasteiger partial charge is 0.497 e. The first kappa shape index (κ1) is 42.7. The molecule has 0 aromatic heterocycles. The Morgan fingerprint density at radius 3 is 2.21 bits per heavy atom. The lowest BCUT2D eigenvalue weighted by Gasteiger charge is -2.71. The molecule has 3 fully saturated rings. The van der Waals surface area contributed by atoms with Gasteiger partial charge in [-0.15, -0.1) is 0 Å². The van der Waals surface area contributed by atoms with Crippen molar-refractivity contribution in [2.24, 2.45) is 33.5 Å². The molecule has 6 aliphatic rings. The molecule has 8 heteroatoms. The molecule has 10 rings (SSSR count). The Morgan fingerprint density at radius 1 is 0.806 bits per heavy atom. The number of ketones is 1. The van der Waals surface area contributed by atoms with E-state index in [0.717, 1.165) is 59.9 Å². The number of allylic oxidation sites excluding steroid dienone is 4. The smallest absolute Gasteiger partial charge is 0.189 e. The summed E-state index contributed by atoms with van der Waals surface area (Å²) in [5.74, 6) is 1.60. The lowest BCUT2D eigenvalue weighted by Crippen LogP contribution is -2.67. The third kappa shape index (κ3) is 7.07. The summed E-state index contributed by atoms with van der Waals surface area (Å²) in [6.07, 6.45) is 11.1. The molecule has 0 radical (unpaired) electrons. The Morgan fingerprint density at radius 2 is 1.48 bits per heavy atom. The van der Waals surface area contributed by atoms with Gasteiger partial charge >= 0.3 is 0 Å². The monoisotopic (exact) mass is 837 g/mol. The van der Waals surface area contributed by atoms with Gasteiger partial charge < -0.3 is 29.5 Å². The molecular weight excluding hydrogens is 775 g/mol. The highest BCUT2D eigenvalue weighted by molar-refractivity contribution is 6.10. The maximum absolute atomic E-state index is 15.3. The molecule has 3 saturated carbocycles. The molecule has 6 aliphatic carbocycles. The fraction of sp³-hybridized carbons (Fsp3) is 0.463. The zero-order valence-corrected chi connectivity index (χ0v) is 36.8. The Balaban J connectivity index is 1.05. The van der Waals surface area contributed by atoms with E-state index in [4.69, 9.17) is 14.2 Å². The summed E-state index contributed by atoms with van der Waals surface area (Å²) in [5.41, 5.74) is 2.84. The summed E-state index contributed by atoms with van der Waals surface area (Å²) in [6.45, 7) is 6.29. The van der Waals surface area contributed by atoms with E-state index in [1.54, 1.807) is 14.2 Å². The number of hydrogen-bond donors (Lipinski definition) is 3. The van der Waals surface area contributed by atoms with Crippen LogP contribution < -0.4 is 9.47 Å². The van der Waals surface area contributed by atoms with E-state index in [-0.39, 0.29) is 36.2 Å². The van der Waals surface area contributed by atoms with Gasteiger partial charge in [-0.3, -0.25) is 9.69 Å².